The molecule has 1 aromatic carbocycles. The monoisotopic (exact) mass is 339 g/mol. The number of nitrogens with zero attached hydrogens (tertiary/aromatic N) is 1. The van der Waals surface area contributed by atoms with Gasteiger partial charge in [-0.05, 0) is 36.5 Å². The quantitative estimate of drug-likeness (QED) is 0.824. The third kappa shape index (κ3) is 4.47. The van der Waals surface area contributed by atoms with Crippen molar-refractivity contribution in [1.29, 1.82) is 0 Å². The molecule has 1 aliphatic rings. The van der Waals surface area contributed by atoms with Crippen molar-refractivity contribution in [2.24, 2.45) is 0 Å². The van der Waals surface area contributed by atoms with E-state index < -0.39 is 9.84 Å². The Kier molecular flexibility index (Phi) is 5.34. The van der Waals surface area contributed by atoms with Crippen LogP contribution in [0.4, 0.5) is 0 Å². The molecular weight excluding hydrogens is 314 g/mol. The second kappa shape index (κ2) is 6.91. The van der Waals surface area contributed by atoms with E-state index in [2.05, 4.69) is 13.8 Å². The molecule has 2 rings (SSSR count). The maximum atomic E-state index is 12.3. The molecule has 0 aliphatic carbocycles. The summed E-state index contributed by atoms with van der Waals surface area (Å²) < 4.78 is 28.8. The molecule has 0 bridgehead atoms. The molecule has 0 N–H and O–H groups in total. The van der Waals surface area contributed by atoms with Gasteiger partial charge in [0.15, 0.2) is 16.4 Å². The Hall–Kier alpha value is -1.56. The summed E-state index contributed by atoms with van der Waals surface area (Å²) in [5, 5.41) is 0. The van der Waals surface area contributed by atoms with Gasteiger partial charge in [-0.3, -0.25) is 4.79 Å². The van der Waals surface area contributed by atoms with Crippen LogP contribution in [0.3, 0.4) is 0 Å². The molecule has 0 spiro atoms. The normalized spacial score (nSPS) is 19.8. The predicted octanol–water partition coefficient (Wildman–Crippen LogP) is 2.14. The summed E-state index contributed by atoms with van der Waals surface area (Å²) in [5.74, 6) is 1.05. The Morgan fingerprint density at radius 3 is 2.65 bits per heavy atom. The number of ether oxygens (including phenoxy) is 1. The number of carbonyl (C=O) groups is 1. The molecule has 23 heavy (non-hydrogen) atoms. The summed E-state index contributed by atoms with van der Waals surface area (Å²) in [6.07, 6.45) is 0.506. The molecule has 1 amide bonds. The minimum Gasteiger partial charge on any atom is -0.483 e. The molecule has 1 fully saturated rings. The maximum absolute atomic E-state index is 12.3. The largest absolute Gasteiger partial charge is 0.483 e. The van der Waals surface area contributed by atoms with Crippen LogP contribution < -0.4 is 4.74 Å². The Bertz CT molecular complexity index is 682. The van der Waals surface area contributed by atoms with Crippen molar-refractivity contribution in [1.82, 2.24) is 4.90 Å². The zero-order valence-corrected chi connectivity index (χ0v) is 15.0. The predicted molar refractivity (Wildman–Crippen MR) is 90.6 cm³/mol. The first-order valence-corrected chi connectivity index (χ1v) is 9.71. The van der Waals surface area contributed by atoms with Crippen LogP contribution in [0.2, 0.25) is 0 Å². The summed E-state index contributed by atoms with van der Waals surface area (Å²) in [5.41, 5.74) is 2.14. The first kappa shape index (κ1) is 17.8. The first-order chi connectivity index (χ1) is 10.7. The van der Waals surface area contributed by atoms with Gasteiger partial charge in [0.05, 0.1) is 11.5 Å². The minimum atomic E-state index is -3.00. The number of likely N-dealkylation sites (N-methyl/N-ethyl adjacent to an activating group) is 1. The lowest BCUT2D eigenvalue weighted by Crippen LogP contribution is -2.40. The number of benzene rings is 1. The molecule has 128 valence electrons. The molecule has 5 nitrogen and oxygen atoms in total. The van der Waals surface area contributed by atoms with E-state index in [1.54, 1.807) is 7.05 Å². The number of rotatable bonds is 5. The van der Waals surface area contributed by atoms with Gasteiger partial charge in [0, 0.05) is 13.1 Å². The lowest BCUT2D eigenvalue weighted by molar-refractivity contribution is -0.133. The highest BCUT2D eigenvalue weighted by Gasteiger charge is 2.32. The molecule has 1 atom stereocenters. The summed E-state index contributed by atoms with van der Waals surface area (Å²) >= 11 is 0. The lowest BCUT2D eigenvalue weighted by Gasteiger charge is -2.24. The molecule has 0 aromatic heterocycles. The van der Waals surface area contributed by atoms with Gasteiger partial charge in [-0.1, -0.05) is 26.0 Å². The van der Waals surface area contributed by atoms with Crippen LogP contribution in [0.5, 0.6) is 5.75 Å². The van der Waals surface area contributed by atoms with Crippen LogP contribution in [0.15, 0.2) is 18.2 Å². The van der Waals surface area contributed by atoms with E-state index in [4.69, 9.17) is 4.74 Å². The van der Waals surface area contributed by atoms with Crippen molar-refractivity contribution in [2.45, 2.75) is 39.2 Å². The fourth-order valence-electron chi connectivity index (χ4n) is 2.77. The third-order valence-corrected chi connectivity index (χ3v) is 6.04. The number of hydrogen-bond donors (Lipinski definition) is 0. The Balaban J connectivity index is 2.01. The highest BCUT2D eigenvalue weighted by Crippen LogP contribution is 2.27. The third-order valence-electron chi connectivity index (χ3n) is 4.29. The Morgan fingerprint density at radius 1 is 1.39 bits per heavy atom. The van der Waals surface area contributed by atoms with E-state index in [1.165, 1.54) is 4.90 Å². The molecule has 0 saturated carbocycles. The van der Waals surface area contributed by atoms with Crippen LogP contribution in [-0.4, -0.2) is 50.4 Å². The SMILES string of the molecule is Cc1ccc(C(C)C)c(OCC(=O)N(C)[C@@H]2CCS(=O)(=O)C2)c1. The van der Waals surface area contributed by atoms with Gasteiger partial charge in [0.2, 0.25) is 0 Å². The lowest BCUT2D eigenvalue weighted by atomic mass is 10.0. The molecule has 1 heterocycles. The van der Waals surface area contributed by atoms with Crippen LogP contribution in [0.1, 0.15) is 37.3 Å². The van der Waals surface area contributed by atoms with Crippen LogP contribution in [0, 0.1) is 6.92 Å². The van der Waals surface area contributed by atoms with Gasteiger partial charge in [-0.25, -0.2) is 8.42 Å². The summed E-state index contributed by atoms with van der Waals surface area (Å²) in [6, 6.07) is 5.74. The molecule has 1 aliphatic heterocycles. The van der Waals surface area contributed by atoms with Crippen LogP contribution in [0.25, 0.3) is 0 Å². The summed E-state index contributed by atoms with van der Waals surface area (Å²) in [7, 11) is -1.35. The van der Waals surface area contributed by atoms with E-state index in [9.17, 15) is 13.2 Å². The number of amides is 1. The van der Waals surface area contributed by atoms with E-state index in [1.807, 2.05) is 25.1 Å². The zero-order chi connectivity index (χ0) is 17.2. The highest BCUT2D eigenvalue weighted by atomic mass is 32.2. The Labute approximate surface area is 138 Å². The Morgan fingerprint density at radius 2 is 2.09 bits per heavy atom. The average molecular weight is 339 g/mol. The van der Waals surface area contributed by atoms with Gasteiger partial charge >= 0.3 is 0 Å². The smallest absolute Gasteiger partial charge is 0.260 e. The first-order valence-electron chi connectivity index (χ1n) is 7.89. The highest BCUT2D eigenvalue weighted by molar-refractivity contribution is 7.91. The zero-order valence-electron chi connectivity index (χ0n) is 14.2. The van der Waals surface area contributed by atoms with Crippen molar-refractivity contribution in [2.75, 3.05) is 25.2 Å². The number of sulfone groups is 1. The second-order valence-corrected chi connectivity index (χ2v) is 8.77. The molecule has 0 radical (unpaired) electrons. The second-order valence-electron chi connectivity index (χ2n) is 6.55. The van der Waals surface area contributed by atoms with Gasteiger partial charge in [-0.15, -0.1) is 0 Å². The van der Waals surface area contributed by atoms with E-state index in [0.717, 1.165) is 16.9 Å². The van der Waals surface area contributed by atoms with Crippen LogP contribution >= 0.6 is 0 Å². The van der Waals surface area contributed by atoms with E-state index in [-0.39, 0.29) is 30.1 Å². The van der Waals surface area contributed by atoms with Gasteiger partial charge in [0.25, 0.3) is 5.91 Å². The van der Waals surface area contributed by atoms with E-state index >= 15 is 0 Å². The van der Waals surface area contributed by atoms with Crippen molar-refractivity contribution in [3.8, 4) is 5.75 Å². The fourth-order valence-corrected chi connectivity index (χ4v) is 4.54. The number of carbonyl (C=O) groups excluding carboxylic acids is 1. The van der Waals surface area contributed by atoms with Gasteiger partial charge < -0.3 is 9.64 Å². The van der Waals surface area contributed by atoms with Crippen molar-refractivity contribution < 1.29 is 17.9 Å². The molecular formula is C17H25NO4S. The van der Waals surface area contributed by atoms with Crippen molar-refractivity contribution in [3.05, 3.63) is 29.3 Å². The van der Waals surface area contributed by atoms with Gasteiger partial charge in [0.1, 0.15) is 5.75 Å². The maximum Gasteiger partial charge on any atom is 0.260 e. The molecule has 1 saturated heterocycles. The fraction of sp³-hybridized carbons (Fsp3) is 0.588. The molecule has 0 unspecified atom stereocenters. The summed E-state index contributed by atoms with van der Waals surface area (Å²) in [4.78, 5) is 13.8. The standard InChI is InChI=1S/C17H25NO4S/c1-12(2)15-6-5-13(3)9-16(15)22-10-17(19)18(4)14-7-8-23(20,21)11-14/h5-6,9,12,14H,7-8,10-11H2,1-4H3/t14-/m1/s1. The van der Waals surface area contributed by atoms with Crippen molar-refractivity contribution in [3.63, 3.8) is 0 Å². The van der Waals surface area contributed by atoms with Crippen LogP contribution in [-0.2, 0) is 14.6 Å². The summed E-state index contributed by atoms with van der Waals surface area (Å²) in [6.45, 7) is 6.06. The van der Waals surface area contributed by atoms with Crippen molar-refractivity contribution >= 4 is 15.7 Å². The van der Waals surface area contributed by atoms with Gasteiger partial charge in [-0.2, -0.15) is 0 Å². The number of aryl methyl sites for hydroxylation is 1. The minimum absolute atomic E-state index is 0.0525. The van der Waals surface area contributed by atoms with E-state index in [0.29, 0.717) is 12.3 Å². The molecule has 1 aromatic rings. The number of hydrogen-bond acceptors (Lipinski definition) is 4. The molecule has 6 heteroatoms. The topological polar surface area (TPSA) is 63.7 Å². The average Bonchev–Trinajstić information content (AvgIpc) is 2.83.